The molecular formula is C15H22N2O3. The van der Waals surface area contributed by atoms with Crippen LogP contribution in [0.3, 0.4) is 0 Å². The molecule has 0 amide bonds. The number of rotatable bonds is 5. The van der Waals surface area contributed by atoms with Crippen LogP contribution in [0, 0.1) is 12.8 Å². The van der Waals surface area contributed by atoms with E-state index >= 15 is 0 Å². The van der Waals surface area contributed by atoms with Crippen LogP contribution in [0.4, 0.5) is 11.4 Å². The van der Waals surface area contributed by atoms with Gasteiger partial charge in [0.2, 0.25) is 0 Å². The van der Waals surface area contributed by atoms with E-state index in [-0.39, 0.29) is 11.5 Å². The van der Waals surface area contributed by atoms with Gasteiger partial charge in [0, 0.05) is 13.0 Å². The van der Waals surface area contributed by atoms with Crippen LogP contribution >= 0.6 is 0 Å². The minimum atomic E-state index is -0.950. The van der Waals surface area contributed by atoms with Gasteiger partial charge in [0.05, 0.1) is 24.0 Å². The van der Waals surface area contributed by atoms with Crippen molar-refractivity contribution in [3.05, 3.63) is 23.3 Å². The van der Waals surface area contributed by atoms with Crippen molar-refractivity contribution in [2.75, 3.05) is 19.5 Å². The second-order valence-corrected chi connectivity index (χ2v) is 4.71. The molecule has 0 bridgehead atoms. The fraction of sp³-hybridized carbons (Fsp3) is 0.467. The zero-order chi connectivity index (χ0) is 15.3. The van der Waals surface area contributed by atoms with Crippen LogP contribution in [0.5, 0.6) is 0 Å². The number of methoxy groups -OCH3 is 1. The fourth-order valence-electron chi connectivity index (χ4n) is 1.88. The van der Waals surface area contributed by atoms with E-state index in [1.807, 2.05) is 13.8 Å². The van der Waals surface area contributed by atoms with Crippen molar-refractivity contribution in [1.29, 1.82) is 0 Å². The standard InChI is InChI=1S/C15H22N2O3/c1-6-9(2)14(20-5)17-13-10(3)7-11(15(18)19)8-12(13)16-4/h7-9,16H,6H2,1-5H3,(H,18,19). The number of hydrogen-bond donors (Lipinski definition) is 2. The Hall–Kier alpha value is -2.04. The van der Waals surface area contributed by atoms with Gasteiger partial charge in [-0.25, -0.2) is 9.79 Å². The zero-order valence-corrected chi connectivity index (χ0v) is 12.7. The Balaban J connectivity index is 3.37. The summed E-state index contributed by atoms with van der Waals surface area (Å²) in [5.74, 6) is -0.0903. The highest BCUT2D eigenvalue weighted by Crippen LogP contribution is 2.31. The van der Waals surface area contributed by atoms with E-state index in [0.717, 1.165) is 17.7 Å². The van der Waals surface area contributed by atoms with E-state index in [9.17, 15) is 4.79 Å². The number of nitrogens with zero attached hydrogens (tertiary/aromatic N) is 1. The third-order valence-corrected chi connectivity index (χ3v) is 3.28. The summed E-state index contributed by atoms with van der Waals surface area (Å²) >= 11 is 0. The van der Waals surface area contributed by atoms with E-state index in [0.29, 0.717) is 11.6 Å². The van der Waals surface area contributed by atoms with E-state index < -0.39 is 5.97 Å². The smallest absolute Gasteiger partial charge is 0.335 e. The van der Waals surface area contributed by atoms with E-state index in [4.69, 9.17) is 9.84 Å². The molecule has 0 aliphatic heterocycles. The van der Waals surface area contributed by atoms with Gasteiger partial charge in [-0.05, 0) is 31.0 Å². The Bertz CT molecular complexity index is 524. The lowest BCUT2D eigenvalue weighted by Crippen LogP contribution is -2.12. The molecule has 20 heavy (non-hydrogen) atoms. The first-order chi connectivity index (χ1) is 9.44. The fourth-order valence-corrected chi connectivity index (χ4v) is 1.88. The summed E-state index contributed by atoms with van der Waals surface area (Å²) in [6.07, 6.45) is 0.924. The number of aryl methyl sites for hydroxylation is 1. The second kappa shape index (κ2) is 6.93. The van der Waals surface area contributed by atoms with Gasteiger partial charge in [0.25, 0.3) is 0 Å². The molecule has 0 aromatic heterocycles. The maximum Gasteiger partial charge on any atom is 0.335 e. The first kappa shape index (κ1) is 16.0. The lowest BCUT2D eigenvalue weighted by molar-refractivity contribution is 0.0697. The van der Waals surface area contributed by atoms with Crippen LogP contribution < -0.4 is 5.32 Å². The molecule has 2 N–H and O–H groups in total. The predicted octanol–water partition coefficient (Wildman–Crippen LogP) is 3.46. The lowest BCUT2D eigenvalue weighted by atomic mass is 10.1. The summed E-state index contributed by atoms with van der Waals surface area (Å²) < 4.78 is 5.35. The second-order valence-electron chi connectivity index (χ2n) is 4.71. The summed E-state index contributed by atoms with van der Waals surface area (Å²) in [6, 6.07) is 3.20. The quantitative estimate of drug-likeness (QED) is 0.639. The Morgan fingerprint density at radius 2 is 2.15 bits per heavy atom. The molecule has 1 unspecified atom stereocenters. The molecule has 1 atom stereocenters. The van der Waals surface area contributed by atoms with Gasteiger partial charge in [-0.15, -0.1) is 0 Å². The molecule has 0 heterocycles. The van der Waals surface area contributed by atoms with Crippen molar-refractivity contribution in [3.8, 4) is 0 Å². The molecule has 0 fully saturated rings. The van der Waals surface area contributed by atoms with Crippen LogP contribution in [0.2, 0.25) is 0 Å². The number of carbonyl (C=O) groups is 1. The summed E-state index contributed by atoms with van der Waals surface area (Å²) in [5, 5.41) is 12.1. The molecule has 1 aromatic carbocycles. The summed E-state index contributed by atoms with van der Waals surface area (Å²) in [5.41, 5.74) is 2.44. The van der Waals surface area contributed by atoms with Crippen molar-refractivity contribution in [3.63, 3.8) is 0 Å². The molecule has 5 nitrogen and oxygen atoms in total. The highest BCUT2D eigenvalue weighted by Gasteiger charge is 2.14. The highest BCUT2D eigenvalue weighted by molar-refractivity contribution is 5.92. The van der Waals surface area contributed by atoms with Crippen LogP contribution in [-0.2, 0) is 4.74 Å². The molecule has 110 valence electrons. The van der Waals surface area contributed by atoms with E-state index in [1.54, 1.807) is 26.3 Å². The number of nitrogens with one attached hydrogen (secondary N) is 1. The SMILES string of the molecule is CCC(C)C(=Nc1c(C)cc(C(=O)O)cc1NC)OC. The van der Waals surface area contributed by atoms with Gasteiger partial charge in [0.15, 0.2) is 5.90 Å². The Morgan fingerprint density at radius 1 is 1.50 bits per heavy atom. The van der Waals surface area contributed by atoms with Crippen molar-refractivity contribution < 1.29 is 14.6 Å². The molecule has 0 saturated carbocycles. The molecule has 0 aliphatic carbocycles. The van der Waals surface area contributed by atoms with Gasteiger partial charge >= 0.3 is 5.97 Å². The first-order valence-electron chi connectivity index (χ1n) is 6.62. The maximum atomic E-state index is 11.1. The minimum Gasteiger partial charge on any atom is -0.484 e. The first-order valence-corrected chi connectivity index (χ1v) is 6.62. The lowest BCUT2D eigenvalue weighted by Gasteiger charge is -2.15. The summed E-state index contributed by atoms with van der Waals surface area (Å²) in [4.78, 5) is 15.6. The van der Waals surface area contributed by atoms with Crippen molar-refractivity contribution >= 4 is 23.2 Å². The summed E-state index contributed by atoms with van der Waals surface area (Å²) in [6.45, 7) is 5.96. The predicted molar refractivity (Wildman–Crippen MR) is 81.2 cm³/mol. The number of aromatic carboxylic acids is 1. The molecule has 0 saturated heterocycles. The van der Waals surface area contributed by atoms with Gasteiger partial charge in [-0.3, -0.25) is 0 Å². The number of benzene rings is 1. The molecule has 0 radical (unpaired) electrons. The minimum absolute atomic E-state index is 0.211. The zero-order valence-electron chi connectivity index (χ0n) is 12.7. The third-order valence-electron chi connectivity index (χ3n) is 3.28. The van der Waals surface area contributed by atoms with Crippen molar-refractivity contribution in [2.45, 2.75) is 27.2 Å². The Morgan fingerprint density at radius 3 is 2.60 bits per heavy atom. The van der Waals surface area contributed by atoms with Crippen LogP contribution in [-0.4, -0.2) is 31.1 Å². The molecule has 0 spiro atoms. The van der Waals surface area contributed by atoms with Crippen molar-refractivity contribution in [1.82, 2.24) is 0 Å². The maximum absolute atomic E-state index is 11.1. The molecule has 5 heteroatoms. The van der Waals surface area contributed by atoms with Crippen LogP contribution in [0.25, 0.3) is 0 Å². The molecule has 1 rings (SSSR count). The van der Waals surface area contributed by atoms with Crippen molar-refractivity contribution in [2.24, 2.45) is 10.9 Å². The largest absolute Gasteiger partial charge is 0.484 e. The normalized spacial score (nSPS) is 12.9. The number of anilines is 1. The number of aliphatic imine (C=N–C) groups is 1. The Kier molecular flexibility index (Phi) is 5.55. The molecule has 1 aromatic rings. The topological polar surface area (TPSA) is 70.9 Å². The number of carboxylic acid groups (broad SMARTS) is 1. The average molecular weight is 278 g/mol. The average Bonchev–Trinajstić information content (AvgIpc) is 2.44. The van der Waals surface area contributed by atoms with Crippen LogP contribution in [0.1, 0.15) is 36.2 Å². The van der Waals surface area contributed by atoms with Crippen LogP contribution in [0.15, 0.2) is 17.1 Å². The number of ether oxygens (including phenoxy) is 1. The van der Waals surface area contributed by atoms with E-state index in [1.165, 1.54) is 0 Å². The van der Waals surface area contributed by atoms with Gasteiger partial charge in [-0.2, -0.15) is 0 Å². The Labute approximate surface area is 119 Å². The van der Waals surface area contributed by atoms with E-state index in [2.05, 4.69) is 17.2 Å². The summed E-state index contributed by atoms with van der Waals surface area (Å²) in [7, 11) is 3.35. The monoisotopic (exact) mass is 278 g/mol. The number of carboxylic acids is 1. The third kappa shape index (κ3) is 3.50. The van der Waals surface area contributed by atoms with Gasteiger partial charge in [-0.1, -0.05) is 13.8 Å². The highest BCUT2D eigenvalue weighted by atomic mass is 16.5. The van der Waals surface area contributed by atoms with Gasteiger partial charge in [0.1, 0.15) is 0 Å². The molecule has 0 aliphatic rings. The molecular weight excluding hydrogens is 256 g/mol. The van der Waals surface area contributed by atoms with Gasteiger partial charge < -0.3 is 15.2 Å². The number of hydrogen-bond acceptors (Lipinski definition) is 4.